The Bertz CT molecular complexity index is 906. The monoisotopic (exact) mass is 411 g/mol. The van der Waals surface area contributed by atoms with Crippen LogP contribution in [0.15, 0.2) is 24.4 Å². The van der Waals surface area contributed by atoms with Crippen LogP contribution in [-0.4, -0.2) is 47.5 Å². The number of hydrogen-bond acceptors (Lipinski definition) is 4. The number of aromatic amines is 1. The molecule has 0 bridgehead atoms. The summed E-state index contributed by atoms with van der Waals surface area (Å²) in [6, 6.07) is 6.63. The number of H-pyrrole nitrogens is 1. The predicted octanol–water partition coefficient (Wildman–Crippen LogP) is 4.43. The van der Waals surface area contributed by atoms with Crippen molar-refractivity contribution in [2.45, 2.75) is 64.3 Å². The second-order valence-corrected chi connectivity index (χ2v) is 8.79. The molecule has 30 heavy (non-hydrogen) atoms. The summed E-state index contributed by atoms with van der Waals surface area (Å²) in [7, 11) is 0. The number of ether oxygens (including phenoxy) is 1. The van der Waals surface area contributed by atoms with Crippen molar-refractivity contribution < 1.29 is 14.3 Å². The van der Waals surface area contributed by atoms with Crippen molar-refractivity contribution in [2.75, 3.05) is 25.0 Å². The number of benzene rings is 1. The largest absolute Gasteiger partial charge is 0.465 e. The Hall–Kier alpha value is -2.34. The first-order valence-electron chi connectivity index (χ1n) is 11.4. The molecule has 2 fully saturated rings. The number of aromatic nitrogens is 1. The van der Waals surface area contributed by atoms with E-state index in [-0.39, 0.29) is 5.91 Å². The Morgan fingerprint density at radius 1 is 1.27 bits per heavy atom. The molecular formula is C24H33N3O3. The van der Waals surface area contributed by atoms with Crippen molar-refractivity contribution in [3.05, 3.63) is 30.0 Å². The number of esters is 1. The normalized spacial score (nSPS) is 23.0. The van der Waals surface area contributed by atoms with Crippen LogP contribution < -0.4 is 5.32 Å². The molecule has 162 valence electrons. The van der Waals surface area contributed by atoms with Gasteiger partial charge >= 0.3 is 5.97 Å². The average Bonchev–Trinajstić information content (AvgIpc) is 3.19. The molecule has 0 radical (unpaired) electrons. The molecule has 3 heterocycles. The van der Waals surface area contributed by atoms with E-state index in [0.717, 1.165) is 17.6 Å². The van der Waals surface area contributed by atoms with Crippen molar-refractivity contribution >= 4 is 28.5 Å². The molecule has 2 aliphatic rings. The molecule has 0 spiro atoms. The molecule has 2 saturated heterocycles. The number of rotatable bonds is 6. The van der Waals surface area contributed by atoms with Gasteiger partial charge in [0, 0.05) is 28.8 Å². The summed E-state index contributed by atoms with van der Waals surface area (Å²) in [5.41, 5.74) is 3.16. The summed E-state index contributed by atoms with van der Waals surface area (Å²) in [5.74, 6) is -1.08. The molecule has 1 amide bonds. The molecule has 6 nitrogen and oxygen atoms in total. The van der Waals surface area contributed by atoms with Crippen LogP contribution in [0.3, 0.4) is 0 Å². The minimum Gasteiger partial charge on any atom is -0.465 e. The number of nitrogens with zero attached hydrogens (tertiary/aromatic N) is 1. The van der Waals surface area contributed by atoms with Crippen LogP contribution in [0, 0.1) is 5.92 Å². The fourth-order valence-electron chi connectivity index (χ4n) is 4.91. The molecule has 1 aromatic carbocycles. The van der Waals surface area contributed by atoms with Crippen molar-refractivity contribution in [1.82, 2.24) is 9.88 Å². The topological polar surface area (TPSA) is 74.4 Å². The van der Waals surface area contributed by atoms with Gasteiger partial charge in [-0.3, -0.25) is 9.59 Å². The van der Waals surface area contributed by atoms with Gasteiger partial charge in [-0.25, -0.2) is 0 Å². The quantitative estimate of drug-likeness (QED) is 0.545. The molecule has 4 rings (SSSR count). The Morgan fingerprint density at radius 3 is 2.97 bits per heavy atom. The van der Waals surface area contributed by atoms with E-state index in [0.29, 0.717) is 18.6 Å². The lowest BCUT2D eigenvalue weighted by atomic mass is 9.82. The van der Waals surface area contributed by atoms with Crippen LogP contribution in [0.2, 0.25) is 0 Å². The van der Waals surface area contributed by atoms with Crippen LogP contribution in [0.1, 0.15) is 63.9 Å². The highest BCUT2D eigenvalue weighted by Crippen LogP contribution is 2.38. The molecule has 2 aliphatic heterocycles. The lowest BCUT2D eigenvalue weighted by Crippen LogP contribution is -2.44. The summed E-state index contributed by atoms with van der Waals surface area (Å²) < 4.78 is 5.10. The van der Waals surface area contributed by atoms with E-state index in [1.54, 1.807) is 6.92 Å². The zero-order chi connectivity index (χ0) is 21.1. The van der Waals surface area contributed by atoms with Crippen LogP contribution in [0.4, 0.5) is 5.69 Å². The second kappa shape index (κ2) is 9.21. The number of nitrogens with one attached hydrogen (secondary N) is 2. The van der Waals surface area contributed by atoms with E-state index >= 15 is 0 Å². The number of amides is 1. The van der Waals surface area contributed by atoms with E-state index in [2.05, 4.69) is 21.4 Å². The number of anilines is 1. The average molecular weight is 412 g/mol. The van der Waals surface area contributed by atoms with E-state index in [1.807, 2.05) is 25.1 Å². The van der Waals surface area contributed by atoms with Gasteiger partial charge in [0.05, 0.1) is 6.61 Å². The lowest BCUT2D eigenvalue weighted by Gasteiger charge is -2.42. The first-order chi connectivity index (χ1) is 14.6. The van der Waals surface area contributed by atoms with Crippen molar-refractivity contribution in [3.63, 3.8) is 0 Å². The number of piperidine rings is 2. The van der Waals surface area contributed by atoms with Crippen molar-refractivity contribution in [1.29, 1.82) is 0 Å². The standard InChI is InChI=1S/C24H33N3O3/c1-3-12-30-24(29)16(2)23(28)26-18-7-8-22-20(14-18)21(15-25-22)17-9-11-27-10-5-4-6-19(27)13-17/h7-8,14-17,19,25H,3-6,9-13H2,1-2H3,(H,26,28). The van der Waals surface area contributed by atoms with Gasteiger partial charge in [-0.15, -0.1) is 0 Å². The third-order valence-electron chi connectivity index (χ3n) is 6.69. The summed E-state index contributed by atoms with van der Waals surface area (Å²) in [4.78, 5) is 30.6. The molecule has 3 atom stereocenters. The fourth-order valence-corrected chi connectivity index (χ4v) is 4.91. The molecule has 2 N–H and O–H groups in total. The number of fused-ring (bicyclic) bond motifs is 2. The van der Waals surface area contributed by atoms with Gasteiger partial charge in [-0.2, -0.15) is 0 Å². The van der Waals surface area contributed by atoms with Gasteiger partial charge in [0.1, 0.15) is 5.92 Å². The third kappa shape index (κ3) is 4.38. The summed E-state index contributed by atoms with van der Waals surface area (Å²) in [6.07, 6.45) is 9.27. The molecule has 2 aromatic rings. The second-order valence-electron chi connectivity index (χ2n) is 8.79. The zero-order valence-corrected chi connectivity index (χ0v) is 18.1. The van der Waals surface area contributed by atoms with Gasteiger partial charge in [-0.05, 0) is 81.8 Å². The van der Waals surface area contributed by atoms with Gasteiger partial charge in [0.25, 0.3) is 0 Å². The number of carbonyl (C=O) groups is 2. The first kappa shape index (κ1) is 20.9. The highest BCUT2D eigenvalue weighted by atomic mass is 16.5. The molecule has 1 aromatic heterocycles. The maximum absolute atomic E-state index is 12.5. The molecule has 0 saturated carbocycles. The Balaban J connectivity index is 1.48. The first-order valence-corrected chi connectivity index (χ1v) is 11.4. The van der Waals surface area contributed by atoms with E-state index in [9.17, 15) is 9.59 Å². The molecule has 6 heteroatoms. The molecular weight excluding hydrogens is 378 g/mol. The van der Waals surface area contributed by atoms with Gasteiger partial charge < -0.3 is 19.9 Å². The summed E-state index contributed by atoms with van der Waals surface area (Å²) >= 11 is 0. The molecule has 0 aliphatic carbocycles. The Kier molecular flexibility index (Phi) is 6.42. The number of carbonyl (C=O) groups excluding carboxylic acids is 2. The number of hydrogen-bond donors (Lipinski definition) is 2. The highest BCUT2D eigenvalue weighted by molar-refractivity contribution is 6.05. The summed E-state index contributed by atoms with van der Waals surface area (Å²) in [6.45, 7) is 6.29. The highest BCUT2D eigenvalue weighted by Gasteiger charge is 2.32. The van der Waals surface area contributed by atoms with Gasteiger partial charge in [0.2, 0.25) is 5.91 Å². The Morgan fingerprint density at radius 2 is 2.13 bits per heavy atom. The van der Waals surface area contributed by atoms with E-state index in [4.69, 9.17) is 4.74 Å². The van der Waals surface area contributed by atoms with E-state index < -0.39 is 11.9 Å². The maximum Gasteiger partial charge on any atom is 0.318 e. The maximum atomic E-state index is 12.5. The summed E-state index contributed by atoms with van der Waals surface area (Å²) in [5, 5.41) is 4.06. The Labute approximate surface area is 178 Å². The minimum absolute atomic E-state index is 0.331. The predicted molar refractivity (Wildman–Crippen MR) is 119 cm³/mol. The van der Waals surface area contributed by atoms with Crippen LogP contribution in [0.25, 0.3) is 10.9 Å². The van der Waals surface area contributed by atoms with Crippen LogP contribution >= 0.6 is 0 Å². The zero-order valence-electron chi connectivity index (χ0n) is 18.1. The van der Waals surface area contributed by atoms with Crippen molar-refractivity contribution in [3.8, 4) is 0 Å². The fraction of sp³-hybridized carbons (Fsp3) is 0.583. The minimum atomic E-state index is -0.825. The van der Waals surface area contributed by atoms with Gasteiger partial charge in [0.15, 0.2) is 0 Å². The van der Waals surface area contributed by atoms with Crippen LogP contribution in [-0.2, 0) is 14.3 Å². The van der Waals surface area contributed by atoms with Gasteiger partial charge in [-0.1, -0.05) is 13.3 Å². The lowest BCUT2D eigenvalue weighted by molar-refractivity contribution is -0.150. The van der Waals surface area contributed by atoms with Crippen molar-refractivity contribution in [2.24, 2.45) is 5.92 Å². The van der Waals surface area contributed by atoms with Crippen LogP contribution in [0.5, 0.6) is 0 Å². The van der Waals surface area contributed by atoms with E-state index in [1.165, 1.54) is 56.1 Å². The third-order valence-corrected chi connectivity index (χ3v) is 6.69. The molecule has 3 unspecified atom stereocenters. The SMILES string of the molecule is CCCOC(=O)C(C)C(=O)Nc1ccc2[nH]cc(C3CCN4CCCCC4C3)c2c1. The smallest absolute Gasteiger partial charge is 0.318 e.